The molecular formula is C13H22O3. The molecule has 0 fully saturated rings. The van der Waals surface area contributed by atoms with Gasteiger partial charge in [-0.3, -0.25) is 0 Å². The van der Waals surface area contributed by atoms with Gasteiger partial charge in [-0.2, -0.15) is 0 Å². The van der Waals surface area contributed by atoms with Crippen LogP contribution in [0.2, 0.25) is 0 Å². The molecule has 3 heteroatoms. The summed E-state index contributed by atoms with van der Waals surface area (Å²) in [6, 6.07) is 0. The van der Waals surface area contributed by atoms with Gasteiger partial charge < -0.3 is 14.2 Å². The zero-order chi connectivity index (χ0) is 12.1. The Bertz CT molecular complexity index is 174. The molecule has 0 N–H and O–H groups in total. The van der Waals surface area contributed by atoms with Crippen molar-refractivity contribution in [3.8, 4) is 0 Å². The number of ether oxygens (including phenoxy) is 3. The quantitative estimate of drug-likeness (QED) is 0.377. The molecule has 0 bridgehead atoms. The van der Waals surface area contributed by atoms with Gasteiger partial charge in [-0.15, -0.1) is 0 Å². The third kappa shape index (κ3) is 9.19. The van der Waals surface area contributed by atoms with E-state index in [-0.39, 0.29) is 6.10 Å². The molecule has 0 radical (unpaired) electrons. The van der Waals surface area contributed by atoms with Crippen LogP contribution in [0.15, 0.2) is 38.5 Å². The molecule has 0 saturated carbocycles. The van der Waals surface area contributed by atoms with Crippen molar-refractivity contribution in [2.45, 2.75) is 31.8 Å². The predicted octanol–water partition coefficient (Wildman–Crippen LogP) is 3.40. The van der Waals surface area contributed by atoms with Crippen molar-refractivity contribution < 1.29 is 14.2 Å². The van der Waals surface area contributed by atoms with E-state index in [1.165, 1.54) is 18.8 Å². The minimum Gasteiger partial charge on any atom is -0.502 e. The molecule has 3 nitrogen and oxygen atoms in total. The van der Waals surface area contributed by atoms with Gasteiger partial charge in [0.25, 0.3) is 0 Å². The first-order chi connectivity index (χ1) is 7.85. The summed E-state index contributed by atoms with van der Waals surface area (Å²) < 4.78 is 15.5. The number of hydrogen-bond donors (Lipinski definition) is 0. The van der Waals surface area contributed by atoms with Gasteiger partial charge in [-0.1, -0.05) is 19.7 Å². The second kappa shape index (κ2) is 11.7. The lowest BCUT2D eigenvalue weighted by Crippen LogP contribution is -2.11. The first-order valence-electron chi connectivity index (χ1n) is 5.56. The van der Waals surface area contributed by atoms with E-state index >= 15 is 0 Å². The number of rotatable bonds is 12. The van der Waals surface area contributed by atoms with Crippen LogP contribution < -0.4 is 0 Å². The summed E-state index contributed by atoms with van der Waals surface area (Å²) in [5.74, 6) is 0. The molecule has 0 aliphatic heterocycles. The molecule has 0 aliphatic carbocycles. The van der Waals surface area contributed by atoms with Crippen molar-refractivity contribution in [2.24, 2.45) is 0 Å². The maximum absolute atomic E-state index is 5.40. The van der Waals surface area contributed by atoms with E-state index < -0.39 is 0 Å². The maximum atomic E-state index is 5.40. The zero-order valence-corrected chi connectivity index (χ0v) is 9.90. The van der Waals surface area contributed by atoms with Crippen LogP contribution in [0.4, 0.5) is 0 Å². The Hall–Kier alpha value is -1.38. The van der Waals surface area contributed by atoms with E-state index in [2.05, 4.69) is 19.7 Å². The van der Waals surface area contributed by atoms with Crippen LogP contribution >= 0.6 is 0 Å². The molecule has 0 saturated heterocycles. The molecule has 0 amide bonds. The lowest BCUT2D eigenvalue weighted by Gasteiger charge is -2.16. The van der Waals surface area contributed by atoms with Crippen molar-refractivity contribution in [3.05, 3.63) is 38.5 Å². The minimum absolute atomic E-state index is 0.194. The topological polar surface area (TPSA) is 27.7 Å². The third-order valence-corrected chi connectivity index (χ3v) is 2.10. The normalized spacial score (nSPS) is 9.56. The summed E-state index contributed by atoms with van der Waals surface area (Å²) >= 11 is 0. The van der Waals surface area contributed by atoms with Crippen LogP contribution in [0.25, 0.3) is 0 Å². The maximum Gasteiger partial charge on any atom is 0.0980 e. The SMILES string of the molecule is C=COCCCC(CCCOC=C)OC=C. The summed E-state index contributed by atoms with van der Waals surface area (Å²) in [6.45, 7) is 11.9. The summed E-state index contributed by atoms with van der Waals surface area (Å²) in [6.07, 6.45) is 8.41. The molecule has 0 rings (SSSR count). The van der Waals surface area contributed by atoms with E-state index in [1.807, 2.05) is 0 Å². The fourth-order valence-corrected chi connectivity index (χ4v) is 1.37. The second-order valence-corrected chi connectivity index (χ2v) is 3.28. The highest BCUT2D eigenvalue weighted by Gasteiger charge is 2.07. The van der Waals surface area contributed by atoms with Gasteiger partial charge in [0.05, 0.1) is 38.1 Å². The molecule has 92 valence electrons. The average molecular weight is 226 g/mol. The number of hydrogen-bond acceptors (Lipinski definition) is 3. The molecule has 0 aromatic rings. The second-order valence-electron chi connectivity index (χ2n) is 3.28. The van der Waals surface area contributed by atoms with Crippen molar-refractivity contribution >= 4 is 0 Å². The molecule has 0 aromatic carbocycles. The lowest BCUT2D eigenvalue weighted by molar-refractivity contribution is 0.105. The van der Waals surface area contributed by atoms with Crippen LogP contribution in [-0.2, 0) is 14.2 Å². The van der Waals surface area contributed by atoms with E-state index in [0.29, 0.717) is 13.2 Å². The lowest BCUT2D eigenvalue weighted by atomic mass is 10.1. The van der Waals surface area contributed by atoms with Gasteiger partial charge in [0.15, 0.2) is 0 Å². The van der Waals surface area contributed by atoms with Crippen molar-refractivity contribution in [2.75, 3.05) is 13.2 Å². The van der Waals surface area contributed by atoms with E-state index in [1.54, 1.807) is 0 Å². The molecule has 0 heterocycles. The average Bonchev–Trinajstić information content (AvgIpc) is 2.30. The monoisotopic (exact) mass is 226 g/mol. The van der Waals surface area contributed by atoms with Gasteiger partial charge in [0, 0.05) is 0 Å². The fourth-order valence-electron chi connectivity index (χ4n) is 1.37. The van der Waals surface area contributed by atoms with E-state index in [0.717, 1.165) is 25.7 Å². The van der Waals surface area contributed by atoms with Crippen LogP contribution in [0, 0.1) is 0 Å². The van der Waals surface area contributed by atoms with Crippen LogP contribution in [0.1, 0.15) is 25.7 Å². The Morgan fingerprint density at radius 1 is 0.812 bits per heavy atom. The molecule has 0 unspecified atom stereocenters. The minimum atomic E-state index is 0.194. The summed E-state index contributed by atoms with van der Waals surface area (Å²) in [7, 11) is 0. The summed E-state index contributed by atoms with van der Waals surface area (Å²) in [5, 5.41) is 0. The van der Waals surface area contributed by atoms with Crippen LogP contribution in [0.5, 0.6) is 0 Å². The highest BCUT2D eigenvalue weighted by Crippen LogP contribution is 2.10. The molecule has 16 heavy (non-hydrogen) atoms. The standard InChI is InChI=1S/C13H22O3/c1-4-14-11-7-9-13(16-6-3)10-8-12-15-5-2/h4-6,13H,1-3,7-12H2. The first-order valence-corrected chi connectivity index (χ1v) is 5.56. The largest absolute Gasteiger partial charge is 0.502 e. The Morgan fingerprint density at radius 3 is 1.69 bits per heavy atom. The molecule has 0 atom stereocenters. The van der Waals surface area contributed by atoms with Gasteiger partial charge in [0.2, 0.25) is 0 Å². The van der Waals surface area contributed by atoms with Gasteiger partial charge in [0.1, 0.15) is 0 Å². The third-order valence-electron chi connectivity index (χ3n) is 2.10. The highest BCUT2D eigenvalue weighted by atomic mass is 16.5. The zero-order valence-electron chi connectivity index (χ0n) is 9.90. The van der Waals surface area contributed by atoms with Crippen molar-refractivity contribution in [1.29, 1.82) is 0 Å². The first kappa shape index (κ1) is 14.6. The summed E-state index contributed by atoms with van der Waals surface area (Å²) in [4.78, 5) is 0. The summed E-state index contributed by atoms with van der Waals surface area (Å²) in [5.41, 5.74) is 0. The molecular weight excluding hydrogens is 204 g/mol. The Labute approximate surface area is 98.4 Å². The molecule has 0 aliphatic rings. The van der Waals surface area contributed by atoms with Crippen LogP contribution in [-0.4, -0.2) is 19.3 Å². The van der Waals surface area contributed by atoms with E-state index in [4.69, 9.17) is 14.2 Å². The van der Waals surface area contributed by atoms with Crippen molar-refractivity contribution in [1.82, 2.24) is 0 Å². The Kier molecular flexibility index (Phi) is 10.7. The molecule has 0 spiro atoms. The van der Waals surface area contributed by atoms with Crippen LogP contribution in [0.3, 0.4) is 0 Å². The Morgan fingerprint density at radius 2 is 1.31 bits per heavy atom. The van der Waals surface area contributed by atoms with Gasteiger partial charge in [-0.05, 0) is 25.7 Å². The van der Waals surface area contributed by atoms with Gasteiger partial charge in [-0.25, -0.2) is 0 Å². The van der Waals surface area contributed by atoms with E-state index in [9.17, 15) is 0 Å². The fraction of sp³-hybridized carbons (Fsp3) is 0.538. The van der Waals surface area contributed by atoms with Gasteiger partial charge >= 0.3 is 0 Å². The molecule has 0 aromatic heterocycles. The predicted molar refractivity (Wildman–Crippen MR) is 65.8 cm³/mol. The smallest absolute Gasteiger partial charge is 0.0980 e. The highest BCUT2D eigenvalue weighted by molar-refractivity contribution is 4.64. The van der Waals surface area contributed by atoms with Crippen molar-refractivity contribution in [3.63, 3.8) is 0 Å². The Balaban J connectivity index is 3.56.